The lowest BCUT2D eigenvalue weighted by Gasteiger charge is -2.47. The molecule has 1 N–H and O–H groups in total. The molecule has 0 bridgehead atoms. The van der Waals surface area contributed by atoms with E-state index in [4.69, 9.17) is 11.6 Å². The van der Waals surface area contributed by atoms with Crippen LogP contribution >= 0.6 is 11.6 Å². The molecule has 3 aliphatic rings. The summed E-state index contributed by atoms with van der Waals surface area (Å²) >= 11 is 6.04. The number of benzene rings is 2. The predicted molar refractivity (Wildman–Crippen MR) is 167 cm³/mol. The van der Waals surface area contributed by atoms with Gasteiger partial charge in [0.15, 0.2) is 0 Å². The van der Waals surface area contributed by atoms with E-state index in [9.17, 15) is 26.4 Å². The lowest BCUT2D eigenvalue weighted by molar-refractivity contribution is -0.137. The van der Waals surface area contributed by atoms with E-state index in [2.05, 4.69) is 14.6 Å². The number of sulfonamides is 1. The molecule has 6 rings (SSSR count). The lowest BCUT2D eigenvalue weighted by Crippen LogP contribution is -2.48. The van der Waals surface area contributed by atoms with Gasteiger partial charge in [-0.05, 0) is 96.5 Å². The summed E-state index contributed by atoms with van der Waals surface area (Å²) in [6.45, 7) is 7.12. The Morgan fingerprint density at radius 1 is 0.956 bits per heavy atom. The van der Waals surface area contributed by atoms with Crippen molar-refractivity contribution in [3.8, 4) is 0 Å². The minimum atomic E-state index is -4.65. The van der Waals surface area contributed by atoms with Crippen LogP contribution in [0, 0.1) is 10.8 Å². The second-order valence-electron chi connectivity index (χ2n) is 13.3. The van der Waals surface area contributed by atoms with Crippen LogP contribution in [0.1, 0.15) is 72.6 Å². The number of hydrogen-bond acceptors (Lipinski definition) is 5. The zero-order valence-corrected chi connectivity index (χ0v) is 26.8. The second kappa shape index (κ2) is 11.6. The Morgan fingerprint density at radius 3 is 2.22 bits per heavy atom. The van der Waals surface area contributed by atoms with E-state index in [1.165, 1.54) is 5.69 Å². The van der Waals surface area contributed by atoms with Gasteiger partial charge in [-0.1, -0.05) is 31.5 Å². The highest BCUT2D eigenvalue weighted by molar-refractivity contribution is 7.89. The molecule has 0 saturated carbocycles. The summed E-state index contributed by atoms with van der Waals surface area (Å²) in [6, 6.07) is 11.0. The van der Waals surface area contributed by atoms with Crippen molar-refractivity contribution in [2.24, 2.45) is 10.8 Å². The van der Waals surface area contributed by atoms with Gasteiger partial charge in [0.05, 0.1) is 16.6 Å². The highest BCUT2D eigenvalue weighted by Crippen LogP contribution is 2.47. The third-order valence-electron chi connectivity index (χ3n) is 9.92. The zero-order valence-electron chi connectivity index (χ0n) is 25.2. The van der Waals surface area contributed by atoms with Gasteiger partial charge in [0, 0.05) is 49.8 Å². The summed E-state index contributed by atoms with van der Waals surface area (Å²) in [5.41, 5.74) is 1.93. The number of pyridine rings is 1. The molecule has 3 heterocycles. The number of carbonyl (C=O) groups excluding carboxylic acids is 1. The first-order chi connectivity index (χ1) is 21.2. The first-order valence-electron chi connectivity index (χ1n) is 15.1. The van der Waals surface area contributed by atoms with E-state index in [0.717, 1.165) is 50.4 Å². The summed E-state index contributed by atoms with van der Waals surface area (Å²) in [5, 5.41) is -0.511. The van der Waals surface area contributed by atoms with Crippen LogP contribution in [0.15, 0.2) is 65.8 Å². The number of likely N-dealkylation sites (tertiary alicyclic amines) is 1. The van der Waals surface area contributed by atoms with Crippen molar-refractivity contribution < 1.29 is 26.4 Å². The summed E-state index contributed by atoms with van der Waals surface area (Å²) in [6.07, 6.45) is 3.58. The Morgan fingerprint density at radius 2 is 1.60 bits per heavy atom. The SMILES string of the molecule is CC1(C)Cc2ccc(C(=O)N3CCC4(CC3)CCN(c3ccncc3)CC4)cc2C1NS(=O)(=O)c1ccc(C(F)(F)F)cc1Cl. The molecular weight excluding hydrogens is 625 g/mol. The molecule has 2 aromatic carbocycles. The molecule has 1 aliphatic carbocycles. The number of amides is 1. The first-order valence-corrected chi connectivity index (χ1v) is 17.0. The van der Waals surface area contributed by atoms with E-state index in [0.29, 0.717) is 42.8 Å². The van der Waals surface area contributed by atoms with Crippen LogP contribution in [-0.2, 0) is 22.6 Å². The highest BCUT2D eigenvalue weighted by Gasteiger charge is 2.43. The molecule has 1 amide bonds. The number of rotatable bonds is 5. The summed E-state index contributed by atoms with van der Waals surface area (Å²) in [4.78, 5) is 21.7. The molecule has 45 heavy (non-hydrogen) atoms. The van der Waals surface area contributed by atoms with Crippen molar-refractivity contribution in [2.45, 2.75) is 63.1 Å². The second-order valence-corrected chi connectivity index (χ2v) is 15.4. The molecule has 3 aromatic rings. The molecular formula is C33H36ClF3N4O3S. The largest absolute Gasteiger partial charge is 0.416 e. The molecule has 2 saturated heterocycles. The van der Waals surface area contributed by atoms with Gasteiger partial charge in [-0.3, -0.25) is 9.78 Å². The van der Waals surface area contributed by atoms with Gasteiger partial charge in [0.25, 0.3) is 5.91 Å². The van der Waals surface area contributed by atoms with E-state index in [1.807, 2.05) is 49.3 Å². The Hall–Kier alpha value is -3.15. The van der Waals surface area contributed by atoms with Gasteiger partial charge < -0.3 is 9.80 Å². The number of piperidine rings is 2. The molecule has 12 heteroatoms. The summed E-state index contributed by atoms with van der Waals surface area (Å²) in [7, 11) is -4.29. The van der Waals surface area contributed by atoms with Crippen molar-refractivity contribution in [3.05, 3.63) is 88.2 Å². The smallest absolute Gasteiger partial charge is 0.371 e. The van der Waals surface area contributed by atoms with E-state index >= 15 is 0 Å². The molecule has 2 aliphatic heterocycles. The average molecular weight is 661 g/mol. The van der Waals surface area contributed by atoms with E-state index in [1.54, 1.807) is 12.1 Å². The standard InChI is InChI=1S/C33H36ClF3N4O3S/c1-31(2)21-23-4-3-22(19-26(23)29(31)39-45(43,44)28-6-5-24(20-27(28)34)33(35,36)37)30(42)41-17-11-32(12-18-41)9-15-40(16-10-32)25-7-13-38-14-8-25/h3-8,13-14,19-20,29,39H,9-12,15-18,21H2,1-2H3. The predicted octanol–water partition coefficient (Wildman–Crippen LogP) is 6.88. The van der Waals surface area contributed by atoms with Gasteiger partial charge >= 0.3 is 6.18 Å². The van der Waals surface area contributed by atoms with E-state index < -0.39 is 43.1 Å². The third-order valence-corrected chi connectivity index (χ3v) is 11.8. The number of aromatic nitrogens is 1. The normalized spacial score (nSPS) is 21.2. The molecule has 240 valence electrons. The quantitative estimate of drug-likeness (QED) is 0.323. The monoisotopic (exact) mass is 660 g/mol. The Labute approximate surface area is 266 Å². The number of nitrogens with zero attached hydrogens (tertiary/aromatic N) is 3. The van der Waals surface area contributed by atoms with Crippen molar-refractivity contribution in [1.82, 2.24) is 14.6 Å². The minimum Gasteiger partial charge on any atom is -0.371 e. The summed E-state index contributed by atoms with van der Waals surface area (Å²) < 4.78 is 68.9. The van der Waals surface area contributed by atoms with Crippen LogP contribution in [0.3, 0.4) is 0 Å². The van der Waals surface area contributed by atoms with Crippen molar-refractivity contribution in [1.29, 1.82) is 0 Å². The number of halogens is 4. The topological polar surface area (TPSA) is 82.6 Å². The third kappa shape index (κ3) is 6.31. The number of hydrogen-bond donors (Lipinski definition) is 1. The molecule has 1 aromatic heterocycles. The van der Waals surface area contributed by atoms with Crippen LogP contribution in [-0.4, -0.2) is 50.4 Å². The zero-order chi connectivity index (χ0) is 32.2. The first kappa shape index (κ1) is 31.8. The van der Waals surface area contributed by atoms with Gasteiger partial charge in [-0.15, -0.1) is 0 Å². The molecule has 1 atom stereocenters. The number of fused-ring (bicyclic) bond motifs is 1. The molecule has 0 radical (unpaired) electrons. The van der Waals surface area contributed by atoms with Gasteiger partial charge in [-0.25, -0.2) is 13.1 Å². The molecule has 2 fully saturated rings. The maximum absolute atomic E-state index is 13.7. The van der Waals surface area contributed by atoms with Crippen molar-refractivity contribution in [3.63, 3.8) is 0 Å². The number of anilines is 1. The van der Waals surface area contributed by atoms with Crippen molar-refractivity contribution in [2.75, 3.05) is 31.1 Å². The molecule has 1 unspecified atom stereocenters. The van der Waals surface area contributed by atoms with Crippen LogP contribution in [0.5, 0.6) is 0 Å². The lowest BCUT2D eigenvalue weighted by atomic mass is 9.71. The molecule has 1 spiro atoms. The van der Waals surface area contributed by atoms with Gasteiger partial charge in [0.1, 0.15) is 4.90 Å². The fourth-order valence-corrected chi connectivity index (χ4v) is 9.10. The average Bonchev–Trinajstić information content (AvgIpc) is 3.25. The fraction of sp³-hybridized carbons (Fsp3) is 0.455. The van der Waals surface area contributed by atoms with Crippen LogP contribution in [0.4, 0.5) is 18.9 Å². The maximum atomic E-state index is 13.7. The van der Waals surface area contributed by atoms with Gasteiger partial charge in [0.2, 0.25) is 10.0 Å². The van der Waals surface area contributed by atoms with Crippen molar-refractivity contribution >= 4 is 33.2 Å². The van der Waals surface area contributed by atoms with Crippen LogP contribution in [0.2, 0.25) is 5.02 Å². The maximum Gasteiger partial charge on any atom is 0.416 e. The number of alkyl halides is 3. The highest BCUT2D eigenvalue weighted by atomic mass is 35.5. The molecule has 7 nitrogen and oxygen atoms in total. The van der Waals surface area contributed by atoms with Gasteiger partial charge in [-0.2, -0.15) is 13.2 Å². The Kier molecular flexibility index (Phi) is 8.19. The minimum absolute atomic E-state index is 0.0843. The summed E-state index contributed by atoms with van der Waals surface area (Å²) in [5.74, 6) is -0.0843. The number of carbonyl (C=O) groups is 1. The Bertz CT molecular complexity index is 1700. The van der Waals surface area contributed by atoms with Crippen LogP contribution < -0.4 is 9.62 Å². The number of nitrogens with one attached hydrogen (secondary N) is 1. The Balaban J connectivity index is 1.15. The van der Waals surface area contributed by atoms with E-state index in [-0.39, 0.29) is 11.3 Å². The van der Waals surface area contributed by atoms with Crippen LogP contribution in [0.25, 0.3) is 0 Å². The fourth-order valence-electron chi connectivity index (χ4n) is 7.17.